The molecular formula is C23H27NO. The summed E-state index contributed by atoms with van der Waals surface area (Å²) in [5.74, 6) is 0.386. The van der Waals surface area contributed by atoms with Gasteiger partial charge in [-0.15, -0.1) is 0 Å². The van der Waals surface area contributed by atoms with Gasteiger partial charge in [-0.3, -0.25) is 4.90 Å². The molecule has 25 heavy (non-hydrogen) atoms. The molecule has 1 N–H and O–H groups in total. The first-order valence-electron chi connectivity index (χ1n) is 8.82. The van der Waals surface area contributed by atoms with Gasteiger partial charge in [0.25, 0.3) is 0 Å². The third kappa shape index (κ3) is 4.02. The van der Waals surface area contributed by atoms with Crippen LogP contribution in [0.3, 0.4) is 0 Å². The lowest BCUT2D eigenvalue weighted by molar-refractivity contribution is 0.313. The molecule has 2 nitrogen and oxygen atoms in total. The summed E-state index contributed by atoms with van der Waals surface area (Å²) >= 11 is 0. The van der Waals surface area contributed by atoms with Gasteiger partial charge < -0.3 is 5.11 Å². The molecule has 3 aromatic rings. The number of aromatic hydroxyl groups is 1. The Kier molecular flexibility index (Phi) is 4.82. The zero-order valence-electron chi connectivity index (χ0n) is 15.6. The molecule has 0 radical (unpaired) electrons. The second kappa shape index (κ2) is 6.89. The monoisotopic (exact) mass is 333 g/mol. The van der Waals surface area contributed by atoms with Crippen molar-refractivity contribution in [2.75, 3.05) is 7.05 Å². The van der Waals surface area contributed by atoms with Gasteiger partial charge in [-0.25, -0.2) is 0 Å². The molecule has 0 aliphatic heterocycles. The minimum absolute atomic E-state index is 0.0465. The highest BCUT2D eigenvalue weighted by molar-refractivity contribution is 5.85. The first-order chi connectivity index (χ1) is 11.8. The largest absolute Gasteiger partial charge is 0.508 e. The van der Waals surface area contributed by atoms with Gasteiger partial charge in [0.2, 0.25) is 0 Å². The number of phenolic OH excluding ortho intramolecular Hbond substituents is 1. The lowest BCUT2D eigenvalue weighted by Crippen LogP contribution is -2.18. The van der Waals surface area contributed by atoms with Gasteiger partial charge in [0.15, 0.2) is 0 Å². The summed E-state index contributed by atoms with van der Waals surface area (Å²) in [6.45, 7) is 8.05. The van der Waals surface area contributed by atoms with E-state index in [4.69, 9.17) is 0 Å². The van der Waals surface area contributed by atoms with Gasteiger partial charge in [-0.05, 0) is 40.4 Å². The molecular weight excluding hydrogens is 306 g/mol. The molecule has 0 aromatic heterocycles. The highest BCUT2D eigenvalue weighted by Crippen LogP contribution is 2.29. The van der Waals surface area contributed by atoms with E-state index in [-0.39, 0.29) is 5.41 Å². The Bertz CT molecular complexity index is 871. The minimum Gasteiger partial charge on any atom is -0.508 e. The third-order valence-corrected chi connectivity index (χ3v) is 4.71. The van der Waals surface area contributed by atoms with Crippen molar-refractivity contribution in [2.45, 2.75) is 39.3 Å². The topological polar surface area (TPSA) is 23.5 Å². The molecule has 0 saturated heterocycles. The highest BCUT2D eigenvalue weighted by Gasteiger charge is 2.16. The standard InChI is InChI=1S/C23H27NO/c1-23(2,3)20-13-12-19(22(25)14-20)16-24(4)15-18-10-7-9-17-8-5-6-11-21(17)18/h5-14,25H,15-16H2,1-4H3. The smallest absolute Gasteiger partial charge is 0.120 e. The van der Waals surface area contributed by atoms with Crippen LogP contribution in [0.15, 0.2) is 60.7 Å². The Morgan fingerprint density at radius 3 is 2.24 bits per heavy atom. The second-order valence-electron chi connectivity index (χ2n) is 7.90. The Labute approximate surface area is 150 Å². The molecule has 130 valence electrons. The normalized spacial score (nSPS) is 12.0. The first kappa shape index (κ1) is 17.5. The molecule has 0 aliphatic rings. The fourth-order valence-electron chi connectivity index (χ4n) is 3.23. The molecule has 0 amide bonds. The summed E-state index contributed by atoms with van der Waals surface area (Å²) in [5, 5.41) is 13.0. The molecule has 0 aliphatic carbocycles. The van der Waals surface area contributed by atoms with Crippen LogP contribution in [0.1, 0.15) is 37.5 Å². The van der Waals surface area contributed by atoms with Crippen LogP contribution in [0.4, 0.5) is 0 Å². The van der Waals surface area contributed by atoms with Gasteiger partial charge in [0.05, 0.1) is 0 Å². The predicted molar refractivity (Wildman–Crippen MR) is 106 cm³/mol. The number of rotatable bonds is 4. The maximum atomic E-state index is 10.4. The van der Waals surface area contributed by atoms with Crippen LogP contribution in [0.2, 0.25) is 0 Å². The molecule has 0 bridgehead atoms. The van der Waals surface area contributed by atoms with Crippen molar-refractivity contribution in [3.05, 3.63) is 77.4 Å². The number of fused-ring (bicyclic) bond motifs is 1. The van der Waals surface area contributed by atoms with Gasteiger partial charge in [-0.2, -0.15) is 0 Å². The van der Waals surface area contributed by atoms with Crippen molar-refractivity contribution >= 4 is 10.8 Å². The van der Waals surface area contributed by atoms with E-state index in [0.29, 0.717) is 5.75 Å². The average Bonchev–Trinajstić information content (AvgIpc) is 2.56. The minimum atomic E-state index is 0.0465. The highest BCUT2D eigenvalue weighted by atomic mass is 16.3. The fourth-order valence-corrected chi connectivity index (χ4v) is 3.23. The molecule has 3 aromatic carbocycles. The van der Waals surface area contributed by atoms with Crippen LogP contribution in [0.25, 0.3) is 10.8 Å². The fraction of sp³-hybridized carbons (Fsp3) is 0.304. The molecule has 0 fully saturated rings. The van der Waals surface area contributed by atoms with Crippen molar-refractivity contribution < 1.29 is 5.11 Å². The molecule has 0 atom stereocenters. The third-order valence-electron chi connectivity index (χ3n) is 4.71. The van der Waals surface area contributed by atoms with Crippen LogP contribution < -0.4 is 0 Å². The van der Waals surface area contributed by atoms with Gasteiger partial charge in [0.1, 0.15) is 5.75 Å². The van der Waals surface area contributed by atoms with Crippen LogP contribution in [-0.4, -0.2) is 17.1 Å². The maximum Gasteiger partial charge on any atom is 0.120 e. The van der Waals surface area contributed by atoms with Crippen molar-refractivity contribution in [1.82, 2.24) is 4.90 Å². The van der Waals surface area contributed by atoms with E-state index in [1.54, 1.807) is 0 Å². The van der Waals surface area contributed by atoms with Gasteiger partial charge in [-0.1, -0.05) is 75.4 Å². The number of benzene rings is 3. The van der Waals surface area contributed by atoms with Crippen LogP contribution >= 0.6 is 0 Å². The van der Waals surface area contributed by atoms with E-state index < -0.39 is 0 Å². The van der Waals surface area contributed by atoms with E-state index in [2.05, 4.69) is 87.3 Å². The summed E-state index contributed by atoms with van der Waals surface area (Å²) in [6, 6.07) is 21.0. The van der Waals surface area contributed by atoms with Crippen LogP contribution in [0.5, 0.6) is 5.75 Å². The second-order valence-corrected chi connectivity index (χ2v) is 7.90. The molecule has 0 spiro atoms. The Morgan fingerprint density at radius 2 is 1.52 bits per heavy atom. The number of phenols is 1. The molecule has 0 heterocycles. The SMILES string of the molecule is CN(Cc1ccc(C(C)(C)C)cc1O)Cc1cccc2ccccc12. The lowest BCUT2D eigenvalue weighted by Gasteiger charge is -2.22. The zero-order chi connectivity index (χ0) is 18.0. The van der Waals surface area contributed by atoms with Crippen molar-refractivity contribution in [3.63, 3.8) is 0 Å². The van der Waals surface area contributed by atoms with Gasteiger partial charge >= 0.3 is 0 Å². The summed E-state index contributed by atoms with van der Waals surface area (Å²) in [7, 11) is 2.10. The number of nitrogens with zero attached hydrogens (tertiary/aromatic N) is 1. The lowest BCUT2D eigenvalue weighted by atomic mass is 9.86. The number of hydrogen-bond acceptors (Lipinski definition) is 2. The van der Waals surface area contributed by atoms with Crippen molar-refractivity contribution in [1.29, 1.82) is 0 Å². The number of hydrogen-bond donors (Lipinski definition) is 1. The zero-order valence-corrected chi connectivity index (χ0v) is 15.6. The summed E-state index contributed by atoms with van der Waals surface area (Å²) < 4.78 is 0. The first-order valence-corrected chi connectivity index (χ1v) is 8.82. The molecule has 0 saturated carbocycles. The summed E-state index contributed by atoms with van der Waals surface area (Å²) in [6.07, 6.45) is 0. The quantitative estimate of drug-likeness (QED) is 0.684. The van der Waals surface area contributed by atoms with Crippen LogP contribution in [-0.2, 0) is 18.5 Å². The van der Waals surface area contributed by atoms with Crippen molar-refractivity contribution in [3.8, 4) is 5.75 Å². The molecule has 3 rings (SSSR count). The Balaban J connectivity index is 1.77. The summed E-state index contributed by atoms with van der Waals surface area (Å²) in [4.78, 5) is 2.24. The van der Waals surface area contributed by atoms with Crippen molar-refractivity contribution in [2.24, 2.45) is 0 Å². The average molecular weight is 333 g/mol. The van der Waals surface area contributed by atoms with E-state index in [1.807, 2.05) is 6.07 Å². The predicted octanol–water partition coefficient (Wildman–Crippen LogP) is 5.47. The van der Waals surface area contributed by atoms with E-state index in [1.165, 1.54) is 16.3 Å². The molecule has 2 heteroatoms. The van der Waals surface area contributed by atoms with E-state index >= 15 is 0 Å². The molecule has 0 unspecified atom stereocenters. The van der Waals surface area contributed by atoms with E-state index in [9.17, 15) is 5.11 Å². The van der Waals surface area contributed by atoms with E-state index in [0.717, 1.165) is 24.2 Å². The Morgan fingerprint density at radius 1 is 0.840 bits per heavy atom. The Hall–Kier alpha value is -2.32. The maximum absolute atomic E-state index is 10.4. The van der Waals surface area contributed by atoms with Gasteiger partial charge in [0, 0.05) is 18.7 Å². The van der Waals surface area contributed by atoms with Crippen LogP contribution in [0, 0.1) is 0 Å². The summed E-state index contributed by atoms with van der Waals surface area (Å²) in [5.41, 5.74) is 3.48.